The molecule has 24 heavy (non-hydrogen) atoms. The van der Waals surface area contributed by atoms with Gasteiger partial charge in [-0.3, -0.25) is 14.6 Å². The SMILES string of the molecule is C[C@H](C(=O)NC1CC1)N1CCN(Cc2ccc3c(c2)CCO3)CC1. The van der Waals surface area contributed by atoms with Crippen molar-refractivity contribution in [2.75, 3.05) is 32.8 Å². The third-order valence-electron chi connectivity index (χ3n) is 5.42. The molecule has 0 radical (unpaired) electrons. The molecule has 130 valence electrons. The summed E-state index contributed by atoms with van der Waals surface area (Å²) in [5.41, 5.74) is 2.71. The predicted molar refractivity (Wildman–Crippen MR) is 93.1 cm³/mol. The molecule has 1 aromatic rings. The van der Waals surface area contributed by atoms with Gasteiger partial charge < -0.3 is 10.1 Å². The Balaban J connectivity index is 1.27. The van der Waals surface area contributed by atoms with Crippen molar-refractivity contribution >= 4 is 5.91 Å². The highest BCUT2D eigenvalue weighted by atomic mass is 16.5. The first kappa shape index (κ1) is 15.9. The third-order valence-corrected chi connectivity index (χ3v) is 5.42. The van der Waals surface area contributed by atoms with Crippen molar-refractivity contribution < 1.29 is 9.53 Å². The summed E-state index contributed by atoms with van der Waals surface area (Å²) in [7, 11) is 0. The van der Waals surface area contributed by atoms with Gasteiger partial charge in [-0.1, -0.05) is 12.1 Å². The van der Waals surface area contributed by atoms with E-state index in [2.05, 4.69) is 33.3 Å². The summed E-state index contributed by atoms with van der Waals surface area (Å²) in [6.07, 6.45) is 3.33. The Labute approximate surface area is 144 Å². The number of nitrogens with zero attached hydrogens (tertiary/aromatic N) is 2. The lowest BCUT2D eigenvalue weighted by Gasteiger charge is -2.37. The average molecular weight is 329 g/mol. The van der Waals surface area contributed by atoms with Crippen LogP contribution in [-0.2, 0) is 17.8 Å². The van der Waals surface area contributed by atoms with Gasteiger partial charge in [-0.25, -0.2) is 0 Å². The van der Waals surface area contributed by atoms with Crippen molar-refractivity contribution in [3.05, 3.63) is 29.3 Å². The monoisotopic (exact) mass is 329 g/mol. The number of benzene rings is 1. The number of ether oxygens (including phenoxy) is 1. The van der Waals surface area contributed by atoms with Crippen molar-refractivity contribution in [3.63, 3.8) is 0 Å². The fraction of sp³-hybridized carbons (Fsp3) is 0.632. The second-order valence-electron chi connectivity index (χ2n) is 7.31. The smallest absolute Gasteiger partial charge is 0.237 e. The molecule has 1 saturated carbocycles. The fourth-order valence-corrected chi connectivity index (χ4v) is 3.62. The largest absolute Gasteiger partial charge is 0.493 e. The van der Waals surface area contributed by atoms with E-state index in [-0.39, 0.29) is 11.9 Å². The number of carbonyl (C=O) groups excluding carboxylic acids is 1. The van der Waals surface area contributed by atoms with Crippen LogP contribution in [0, 0.1) is 0 Å². The molecule has 5 heteroatoms. The number of rotatable bonds is 5. The van der Waals surface area contributed by atoms with Crippen LogP contribution in [0.15, 0.2) is 18.2 Å². The van der Waals surface area contributed by atoms with E-state index in [9.17, 15) is 4.79 Å². The van der Waals surface area contributed by atoms with E-state index in [4.69, 9.17) is 4.74 Å². The molecule has 3 aliphatic rings. The lowest BCUT2D eigenvalue weighted by atomic mass is 10.1. The molecule has 1 atom stereocenters. The second kappa shape index (κ2) is 6.73. The average Bonchev–Trinajstić information content (AvgIpc) is 3.29. The van der Waals surface area contributed by atoms with Crippen LogP contribution in [-0.4, -0.2) is 60.6 Å². The Hall–Kier alpha value is -1.59. The molecule has 0 bridgehead atoms. The number of nitrogens with one attached hydrogen (secondary N) is 1. The van der Waals surface area contributed by atoms with Gasteiger partial charge >= 0.3 is 0 Å². The molecule has 0 unspecified atom stereocenters. The van der Waals surface area contributed by atoms with Gasteiger partial charge in [-0.15, -0.1) is 0 Å². The Kier molecular flexibility index (Phi) is 4.46. The van der Waals surface area contributed by atoms with Crippen LogP contribution in [0.1, 0.15) is 30.9 Å². The molecule has 2 fully saturated rings. The van der Waals surface area contributed by atoms with Gasteiger partial charge in [-0.2, -0.15) is 0 Å². The number of carbonyl (C=O) groups is 1. The van der Waals surface area contributed by atoms with Gasteiger partial charge in [-0.05, 0) is 37.0 Å². The first-order chi connectivity index (χ1) is 11.7. The zero-order valence-corrected chi connectivity index (χ0v) is 14.5. The van der Waals surface area contributed by atoms with E-state index < -0.39 is 0 Å². The highest BCUT2D eigenvalue weighted by molar-refractivity contribution is 5.81. The molecule has 1 amide bonds. The van der Waals surface area contributed by atoms with E-state index in [1.165, 1.54) is 11.1 Å². The number of hydrogen-bond donors (Lipinski definition) is 1. The summed E-state index contributed by atoms with van der Waals surface area (Å²) in [6, 6.07) is 7.02. The van der Waals surface area contributed by atoms with Crippen LogP contribution in [0.3, 0.4) is 0 Å². The molecular weight excluding hydrogens is 302 g/mol. The fourth-order valence-electron chi connectivity index (χ4n) is 3.62. The quantitative estimate of drug-likeness (QED) is 0.887. The van der Waals surface area contributed by atoms with E-state index in [1.54, 1.807) is 0 Å². The van der Waals surface area contributed by atoms with E-state index in [0.717, 1.165) is 64.3 Å². The second-order valence-corrected chi connectivity index (χ2v) is 7.31. The van der Waals surface area contributed by atoms with E-state index in [1.807, 2.05) is 6.92 Å². The van der Waals surface area contributed by atoms with Crippen molar-refractivity contribution in [3.8, 4) is 5.75 Å². The van der Waals surface area contributed by atoms with Crippen LogP contribution in [0.2, 0.25) is 0 Å². The van der Waals surface area contributed by atoms with Crippen molar-refractivity contribution in [2.24, 2.45) is 0 Å². The standard InChI is InChI=1S/C19H27N3O2/c1-14(19(23)20-17-3-4-17)22-9-7-21(8-10-22)13-15-2-5-18-16(12-15)6-11-24-18/h2,5,12,14,17H,3-4,6-11,13H2,1H3,(H,20,23)/t14-/m1/s1. The number of hydrogen-bond acceptors (Lipinski definition) is 4. The topological polar surface area (TPSA) is 44.8 Å². The minimum absolute atomic E-state index is 0.00936. The maximum atomic E-state index is 12.2. The van der Waals surface area contributed by atoms with Gasteiger partial charge in [0.2, 0.25) is 5.91 Å². The molecule has 1 aliphatic carbocycles. The van der Waals surface area contributed by atoms with Crippen LogP contribution < -0.4 is 10.1 Å². The molecule has 0 spiro atoms. The molecule has 1 aromatic carbocycles. The minimum atomic E-state index is -0.00936. The van der Waals surface area contributed by atoms with Crippen molar-refractivity contribution in [1.29, 1.82) is 0 Å². The van der Waals surface area contributed by atoms with Crippen LogP contribution >= 0.6 is 0 Å². The van der Waals surface area contributed by atoms with Gasteiger partial charge in [0.25, 0.3) is 0 Å². The van der Waals surface area contributed by atoms with Gasteiger partial charge in [0, 0.05) is 45.2 Å². The highest BCUT2D eigenvalue weighted by Crippen LogP contribution is 2.26. The summed E-state index contributed by atoms with van der Waals surface area (Å²) < 4.78 is 5.58. The Morgan fingerprint density at radius 3 is 2.83 bits per heavy atom. The molecule has 1 N–H and O–H groups in total. The van der Waals surface area contributed by atoms with E-state index >= 15 is 0 Å². The zero-order chi connectivity index (χ0) is 16.5. The molecule has 0 aromatic heterocycles. The normalized spacial score (nSPS) is 22.7. The molecule has 4 rings (SSSR count). The number of amides is 1. The Bertz CT molecular complexity index is 607. The van der Waals surface area contributed by atoms with E-state index in [0.29, 0.717) is 6.04 Å². The molecule has 2 heterocycles. The first-order valence-corrected chi connectivity index (χ1v) is 9.20. The van der Waals surface area contributed by atoms with Crippen molar-refractivity contribution in [2.45, 2.75) is 44.8 Å². The molecule has 5 nitrogen and oxygen atoms in total. The summed E-state index contributed by atoms with van der Waals surface area (Å²) in [6.45, 7) is 7.82. The van der Waals surface area contributed by atoms with Crippen molar-refractivity contribution in [1.82, 2.24) is 15.1 Å². The maximum absolute atomic E-state index is 12.2. The summed E-state index contributed by atoms with van der Waals surface area (Å²) >= 11 is 0. The Morgan fingerprint density at radius 1 is 1.29 bits per heavy atom. The molecule has 2 aliphatic heterocycles. The lowest BCUT2D eigenvalue weighted by molar-refractivity contribution is -0.126. The van der Waals surface area contributed by atoms with Gasteiger partial charge in [0.1, 0.15) is 5.75 Å². The summed E-state index contributed by atoms with van der Waals surface area (Å²) in [4.78, 5) is 17.0. The molecular formula is C19H27N3O2. The summed E-state index contributed by atoms with van der Waals surface area (Å²) in [5, 5.41) is 3.12. The maximum Gasteiger partial charge on any atom is 0.237 e. The van der Waals surface area contributed by atoms with Crippen LogP contribution in [0.4, 0.5) is 0 Å². The summed E-state index contributed by atoms with van der Waals surface area (Å²) in [5.74, 6) is 1.25. The number of piperazine rings is 1. The van der Waals surface area contributed by atoms with Gasteiger partial charge in [0.05, 0.1) is 12.6 Å². The Morgan fingerprint density at radius 2 is 2.08 bits per heavy atom. The highest BCUT2D eigenvalue weighted by Gasteiger charge is 2.30. The van der Waals surface area contributed by atoms with Gasteiger partial charge in [0.15, 0.2) is 0 Å². The predicted octanol–water partition coefficient (Wildman–Crippen LogP) is 1.41. The molecule has 1 saturated heterocycles. The first-order valence-electron chi connectivity index (χ1n) is 9.20. The zero-order valence-electron chi connectivity index (χ0n) is 14.5. The third kappa shape index (κ3) is 3.57. The van der Waals surface area contributed by atoms with Crippen LogP contribution in [0.25, 0.3) is 0 Å². The van der Waals surface area contributed by atoms with Crippen LogP contribution in [0.5, 0.6) is 5.75 Å². The lowest BCUT2D eigenvalue weighted by Crippen LogP contribution is -2.53. The number of fused-ring (bicyclic) bond motifs is 1. The minimum Gasteiger partial charge on any atom is -0.493 e.